The van der Waals surface area contributed by atoms with Crippen LogP contribution in [0.4, 0.5) is 4.39 Å². The molecule has 1 heterocycles. The molecule has 0 fully saturated rings. The quantitative estimate of drug-likeness (QED) is 0.901. The van der Waals surface area contributed by atoms with E-state index in [0.717, 1.165) is 0 Å². The van der Waals surface area contributed by atoms with Gasteiger partial charge in [0.25, 0.3) is 5.56 Å². The molecule has 0 saturated heterocycles. The maximum atomic E-state index is 13.6. The lowest BCUT2D eigenvalue weighted by atomic mass is 10.1. The molecule has 5 heteroatoms. The number of hydrogen-bond acceptors (Lipinski definition) is 3. The zero-order valence-corrected chi connectivity index (χ0v) is 9.94. The highest BCUT2D eigenvalue weighted by Gasteiger charge is 2.08. The van der Waals surface area contributed by atoms with E-state index in [4.69, 9.17) is 4.74 Å². The Balaban J connectivity index is 2.42. The lowest BCUT2D eigenvalue weighted by molar-refractivity contribution is 0.128. The molecule has 0 aliphatic rings. The number of benzene rings is 1. The number of nitrogens with zero attached hydrogens (tertiary/aromatic N) is 1. The SMILES string of the molecule is CCOCc1nc(-c2ccccc2F)cc(=O)[nH]1. The molecule has 0 bridgehead atoms. The zero-order chi connectivity index (χ0) is 13.0. The Morgan fingerprint density at radius 1 is 1.39 bits per heavy atom. The van der Waals surface area contributed by atoms with Gasteiger partial charge in [-0.05, 0) is 19.1 Å². The molecule has 1 aromatic carbocycles. The summed E-state index contributed by atoms with van der Waals surface area (Å²) in [5.74, 6) is -0.0134. The lowest BCUT2D eigenvalue weighted by Crippen LogP contribution is -2.12. The van der Waals surface area contributed by atoms with E-state index in [1.165, 1.54) is 12.1 Å². The van der Waals surface area contributed by atoms with Crippen LogP contribution in [0.25, 0.3) is 11.3 Å². The van der Waals surface area contributed by atoms with Crippen molar-refractivity contribution in [2.75, 3.05) is 6.61 Å². The molecule has 1 N–H and O–H groups in total. The summed E-state index contributed by atoms with van der Waals surface area (Å²) < 4.78 is 18.8. The van der Waals surface area contributed by atoms with E-state index in [0.29, 0.717) is 23.7 Å². The van der Waals surface area contributed by atoms with Crippen molar-refractivity contribution in [3.63, 3.8) is 0 Å². The van der Waals surface area contributed by atoms with E-state index in [-0.39, 0.29) is 12.2 Å². The van der Waals surface area contributed by atoms with Gasteiger partial charge < -0.3 is 9.72 Å². The number of halogens is 1. The second-order valence-corrected chi connectivity index (χ2v) is 3.69. The molecular weight excluding hydrogens is 235 g/mol. The molecule has 1 aromatic heterocycles. The highest BCUT2D eigenvalue weighted by atomic mass is 19.1. The molecule has 0 atom stereocenters. The Labute approximate surface area is 103 Å². The van der Waals surface area contributed by atoms with Gasteiger partial charge >= 0.3 is 0 Å². The highest BCUT2D eigenvalue weighted by Crippen LogP contribution is 2.18. The molecule has 2 rings (SSSR count). The predicted molar refractivity (Wildman–Crippen MR) is 65.6 cm³/mol. The summed E-state index contributed by atoms with van der Waals surface area (Å²) in [6.07, 6.45) is 0. The number of aromatic amines is 1. The Hall–Kier alpha value is -2.01. The summed E-state index contributed by atoms with van der Waals surface area (Å²) in [4.78, 5) is 18.2. The number of aromatic nitrogens is 2. The van der Waals surface area contributed by atoms with Gasteiger partial charge in [0.2, 0.25) is 0 Å². The first-order valence-corrected chi connectivity index (χ1v) is 5.63. The van der Waals surface area contributed by atoms with Crippen molar-refractivity contribution in [2.24, 2.45) is 0 Å². The summed E-state index contributed by atoms with van der Waals surface area (Å²) in [7, 11) is 0. The van der Waals surface area contributed by atoms with Gasteiger partial charge in [0, 0.05) is 18.2 Å². The monoisotopic (exact) mass is 248 g/mol. The van der Waals surface area contributed by atoms with Gasteiger partial charge in [-0.3, -0.25) is 4.79 Å². The molecule has 0 unspecified atom stereocenters. The van der Waals surface area contributed by atoms with Crippen LogP contribution in [-0.2, 0) is 11.3 Å². The van der Waals surface area contributed by atoms with E-state index >= 15 is 0 Å². The van der Waals surface area contributed by atoms with E-state index in [9.17, 15) is 9.18 Å². The van der Waals surface area contributed by atoms with E-state index in [1.54, 1.807) is 18.2 Å². The standard InChI is InChI=1S/C13H13FN2O2/c1-2-18-8-12-15-11(7-13(17)16-12)9-5-3-4-6-10(9)14/h3-7H,2,8H2,1H3,(H,15,16,17). The van der Waals surface area contributed by atoms with Crippen LogP contribution in [-0.4, -0.2) is 16.6 Å². The van der Waals surface area contributed by atoms with Crippen molar-refractivity contribution in [1.29, 1.82) is 0 Å². The minimum atomic E-state index is -0.405. The molecule has 0 amide bonds. The molecule has 0 saturated carbocycles. The summed E-state index contributed by atoms with van der Waals surface area (Å²) >= 11 is 0. The highest BCUT2D eigenvalue weighted by molar-refractivity contribution is 5.59. The maximum absolute atomic E-state index is 13.6. The summed E-state index contributed by atoms with van der Waals surface area (Å²) in [5.41, 5.74) is 0.297. The van der Waals surface area contributed by atoms with Crippen LogP contribution >= 0.6 is 0 Å². The Bertz CT molecular complexity index is 596. The first-order valence-electron chi connectivity index (χ1n) is 5.63. The largest absolute Gasteiger partial charge is 0.374 e. The van der Waals surface area contributed by atoms with Gasteiger partial charge in [0.05, 0.1) is 5.69 Å². The minimum absolute atomic E-state index is 0.202. The maximum Gasteiger partial charge on any atom is 0.251 e. The van der Waals surface area contributed by atoms with Gasteiger partial charge in [-0.15, -0.1) is 0 Å². The average Bonchev–Trinajstić information content (AvgIpc) is 2.36. The number of ether oxygens (including phenoxy) is 1. The minimum Gasteiger partial charge on any atom is -0.374 e. The van der Waals surface area contributed by atoms with Crippen molar-refractivity contribution >= 4 is 0 Å². The predicted octanol–water partition coefficient (Wildman–Crippen LogP) is 2.11. The third-order valence-electron chi connectivity index (χ3n) is 2.38. The summed E-state index contributed by atoms with van der Waals surface area (Å²) in [6.45, 7) is 2.57. The normalized spacial score (nSPS) is 10.6. The van der Waals surface area contributed by atoms with Gasteiger partial charge in [0.15, 0.2) is 0 Å². The Morgan fingerprint density at radius 2 is 2.17 bits per heavy atom. The molecule has 0 radical (unpaired) electrons. The first-order chi connectivity index (χ1) is 8.70. The molecular formula is C13H13FN2O2. The summed E-state index contributed by atoms with van der Waals surface area (Å²) in [5, 5.41) is 0. The number of nitrogens with one attached hydrogen (secondary N) is 1. The third-order valence-corrected chi connectivity index (χ3v) is 2.38. The fourth-order valence-corrected chi connectivity index (χ4v) is 1.58. The van der Waals surface area contributed by atoms with Crippen LogP contribution in [0.2, 0.25) is 0 Å². The molecule has 0 spiro atoms. The molecule has 2 aromatic rings. The molecule has 0 aliphatic carbocycles. The van der Waals surface area contributed by atoms with Crippen LogP contribution in [0, 0.1) is 5.82 Å². The van der Waals surface area contributed by atoms with Crippen LogP contribution in [0.3, 0.4) is 0 Å². The Kier molecular flexibility index (Phi) is 3.84. The molecule has 94 valence electrons. The molecule has 0 aliphatic heterocycles. The second-order valence-electron chi connectivity index (χ2n) is 3.69. The van der Waals surface area contributed by atoms with Gasteiger partial charge in [0.1, 0.15) is 18.2 Å². The van der Waals surface area contributed by atoms with E-state index in [1.807, 2.05) is 6.92 Å². The summed E-state index contributed by atoms with van der Waals surface area (Å²) in [6, 6.07) is 7.48. The van der Waals surface area contributed by atoms with Crippen molar-refractivity contribution in [3.8, 4) is 11.3 Å². The topological polar surface area (TPSA) is 55.0 Å². The van der Waals surface area contributed by atoms with Gasteiger partial charge in [-0.25, -0.2) is 9.37 Å². The van der Waals surface area contributed by atoms with Crippen LogP contribution in [0.5, 0.6) is 0 Å². The zero-order valence-electron chi connectivity index (χ0n) is 9.94. The van der Waals surface area contributed by atoms with Crippen molar-refractivity contribution < 1.29 is 9.13 Å². The average molecular weight is 248 g/mol. The van der Waals surface area contributed by atoms with Crippen LogP contribution in [0.15, 0.2) is 35.1 Å². The van der Waals surface area contributed by atoms with Crippen molar-refractivity contribution in [1.82, 2.24) is 9.97 Å². The van der Waals surface area contributed by atoms with E-state index < -0.39 is 5.82 Å². The molecule has 18 heavy (non-hydrogen) atoms. The van der Waals surface area contributed by atoms with Gasteiger partial charge in [-0.1, -0.05) is 12.1 Å². The van der Waals surface area contributed by atoms with Crippen LogP contribution in [0.1, 0.15) is 12.7 Å². The lowest BCUT2D eigenvalue weighted by Gasteiger charge is -2.05. The number of rotatable bonds is 4. The van der Waals surface area contributed by atoms with Crippen LogP contribution < -0.4 is 5.56 Å². The fourth-order valence-electron chi connectivity index (χ4n) is 1.58. The first kappa shape index (κ1) is 12.4. The number of hydrogen-bond donors (Lipinski definition) is 1. The van der Waals surface area contributed by atoms with Crippen molar-refractivity contribution in [3.05, 3.63) is 52.3 Å². The number of H-pyrrole nitrogens is 1. The smallest absolute Gasteiger partial charge is 0.251 e. The van der Waals surface area contributed by atoms with E-state index in [2.05, 4.69) is 9.97 Å². The van der Waals surface area contributed by atoms with Crippen molar-refractivity contribution in [2.45, 2.75) is 13.5 Å². The Morgan fingerprint density at radius 3 is 2.89 bits per heavy atom. The third kappa shape index (κ3) is 2.81. The fraction of sp³-hybridized carbons (Fsp3) is 0.231. The second kappa shape index (κ2) is 5.55. The molecule has 4 nitrogen and oxygen atoms in total. The van der Waals surface area contributed by atoms with Gasteiger partial charge in [-0.2, -0.15) is 0 Å².